The van der Waals surface area contributed by atoms with Gasteiger partial charge in [0.2, 0.25) is 0 Å². The summed E-state index contributed by atoms with van der Waals surface area (Å²) in [6.45, 7) is 6.53. The summed E-state index contributed by atoms with van der Waals surface area (Å²) < 4.78 is 98.6. The highest BCUT2D eigenvalue weighted by atomic mass is 19.4. The molecule has 0 fully saturated rings. The van der Waals surface area contributed by atoms with Crippen molar-refractivity contribution >= 4 is 11.6 Å². The van der Waals surface area contributed by atoms with E-state index >= 15 is 0 Å². The van der Waals surface area contributed by atoms with Gasteiger partial charge in [0.15, 0.2) is 12.3 Å². The normalized spacial score (nSPS) is 20.4. The fourth-order valence-corrected chi connectivity index (χ4v) is 3.15. The van der Waals surface area contributed by atoms with E-state index in [1.165, 1.54) is 20.8 Å². The number of halogens is 7. The van der Waals surface area contributed by atoms with Crippen molar-refractivity contribution in [1.82, 2.24) is 5.01 Å². The zero-order chi connectivity index (χ0) is 24.9. The number of hydrogen-bond acceptors (Lipinski definition) is 4. The molecule has 32 heavy (non-hydrogen) atoms. The van der Waals surface area contributed by atoms with Crippen LogP contribution in [0.4, 0.5) is 30.7 Å². The van der Waals surface area contributed by atoms with Crippen LogP contribution < -0.4 is 4.74 Å². The van der Waals surface area contributed by atoms with Crippen LogP contribution in [0.15, 0.2) is 23.3 Å². The van der Waals surface area contributed by atoms with Crippen molar-refractivity contribution in [3.63, 3.8) is 0 Å². The molecule has 2 rings (SSSR count). The van der Waals surface area contributed by atoms with E-state index < -0.39 is 53.8 Å². The molecule has 180 valence electrons. The van der Waals surface area contributed by atoms with E-state index in [-0.39, 0.29) is 10.8 Å². The van der Waals surface area contributed by atoms with Gasteiger partial charge in [0.1, 0.15) is 11.5 Å². The average molecular weight is 472 g/mol. The van der Waals surface area contributed by atoms with Gasteiger partial charge in [-0.1, -0.05) is 26.8 Å². The Hall–Kier alpha value is -2.37. The summed E-state index contributed by atoms with van der Waals surface area (Å²) >= 11 is 0. The van der Waals surface area contributed by atoms with E-state index in [1.54, 1.807) is 26.0 Å². The fourth-order valence-electron chi connectivity index (χ4n) is 3.15. The van der Waals surface area contributed by atoms with Crippen molar-refractivity contribution in [3.05, 3.63) is 29.3 Å². The maximum Gasteiger partial charge on any atom is 0.460 e. The molecular formula is C20H23F7N2O3. The molecule has 1 amide bonds. The number of rotatable bonds is 5. The molecule has 1 aromatic rings. The number of amides is 1. The third-order valence-electron chi connectivity index (χ3n) is 5.09. The number of hydrogen-bond donors (Lipinski definition) is 1. The number of ether oxygens (including phenoxy) is 1. The van der Waals surface area contributed by atoms with Crippen molar-refractivity contribution in [2.24, 2.45) is 10.5 Å². The zero-order valence-electron chi connectivity index (χ0n) is 18.0. The summed E-state index contributed by atoms with van der Waals surface area (Å²) in [5, 5.41) is 14.1. The minimum absolute atomic E-state index is 0.103. The predicted molar refractivity (Wildman–Crippen MR) is 101 cm³/mol. The number of hydrazone groups is 1. The molecule has 0 aliphatic carbocycles. The Kier molecular flexibility index (Phi) is 6.38. The topological polar surface area (TPSA) is 62.1 Å². The summed E-state index contributed by atoms with van der Waals surface area (Å²) in [7, 11) is 0. The molecule has 0 saturated heterocycles. The number of benzene rings is 1. The van der Waals surface area contributed by atoms with Gasteiger partial charge in [0.05, 0.1) is 0 Å². The highest BCUT2D eigenvalue weighted by Crippen LogP contribution is 2.51. The van der Waals surface area contributed by atoms with Gasteiger partial charge in [-0.3, -0.25) is 4.79 Å². The smallest absolute Gasteiger partial charge is 0.460 e. The first kappa shape index (κ1) is 25.9. The van der Waals surface area contributed by atoms with Crippen molar-refractivity contribution in [2.75, 3.05) is 6.61 Å². The van der Waals surface area contributed by atoms with Gasteiger partial charge in [-0.25, -0.2) is 0 Å². The number of aliphatic hydroxyl groups is 1. The molecule has 0 bridgehead atoms. The van der Waals surface area contributed by atoms with Gasteiger partial charge in [0, 0.05) is 11.8 Å². The largest absolute Gasteiger partial charge is 0.484 e. The number of carbonyl (C=O) groups is 1. The molecular weight excluding hydrogens is 449 g/mol. The SMILES string of the molecule is Cc1cc(C)cc(OCC(=O)N2N=C(C(F)(F)C(F)(F)C(F)(F)F)C[C@]2(O)C(C)(C)C)c1. The Labute approximate surface area is 179 Å². The molecule has 1 aliphatic heterocycles. The molecule has 1 N–H and O–H groups in total. The molecule has 12 heteroatoms. The summed E-state index contributed by atoms with van der Waals surface area (Å²) in [5.74, 6) is -13.2. The maximum atomic E-state index is 14.2. The highest BCUT2D eigenvalue weighted by molar-refractivity contribution is 5.96. The maximum absolute atomic E-state index is 14.2. The first-order chi connectivity index (χ1) is 14.2. The van der Waals surface area contributed by atoms with E-state index in [9.17, 15) is 40.6 Å². The van der Waals surface area contributed by atoms with Gasteiger partial charge in [-0.05, 0) is 37.1 Å². The van der Waals surface area contributed by atoms with Crippen LogP contribution in [-0.2, 0) is 4.79 Å². The molecule has 1 heterocycles. The first-order valence-corrected chi connectivity index (χ1v) is 9.41. The number of nitrogens with zero attached hydrogens (tertiary/aromatic N) is 2. The predicted octanol–water partition coefficient (Wildman–Crippen LogP) is 4.84. The quantitative estimate of drug-likeness (QED) is 0.624. The van der Waals surface area contributed by atoms with Crippen LogP contribution in [0.3, 0.4) is 0 Å². The van der Waals surface area contributed by atoms with Crippen molar-refractivity contribution < 1.29 is 45.4 Å². The fraction of sp³-hybridized carbons (Fsp3) is 0.600. The van der Waals surface area contributed by atoms with Crippen LogP contribution in [0.25, 0.3) is 0 Å². The van der Waals surface area contributed by atoms with Crippen molar-refractivity contribution in [1.29, 1.82) is 0 Å². The third-order valence-corrected chi connectivity index (χ3v) is 5.09. The minimum atomic E-state index is -6.58. The second-order valence-electron chi connectivity index (χ2n) is 8.75. The zero-order valence-corrected chi connectivity index (χ0v) is 18.0. The lowest BCUT2D eigenvalue weighted by molar-refractivity contribution is -0.336. The highest BCUT2D eigenvalue weighted by Gasteiger charge is 2.76. The monoisotopic (exact) mass is 472 g/mol. The van der Waals surface area contributed by atoms with Crippen LogP contribution in [-0.4, -0.2) is 52.1 Å². The summed E-state index contributed by atoms with van der Waals surface area (Å²) in [6, 6.07) is 4.94. The lowest BCUT2D eigenvalue weighted by Crippen LogP contribution is -2.58. The lowest BCUT2D eigenvalue weighted by Gasteiger charge is -2.41. The van der Waals surface area contributed by atoms with Crippen LogP contribution in [0.2, 0.25) is 0 Å². The van der Waals surface area contributed by atoms with E-state index in [1.807, 2.05) is 6.07 Å². The first-order valence-electron chi connectivity index (χ1n) is 9.41. The molecule has 0 spiro atoms. The minimum Gasteiger partial charge on any atom is -0.484 e. The summed E-state index contributed by atoms with van der Waals surface area (Å²) in [5.41, 5.74) is -4.44. The van der Waals surface area contributed by atoms with Crippen molar-refractivity contribution in [3.8, 4) is 5.75 Å². The number of carbonyl (C=O) groups excluding carboxylic acids is 1. The van der Waals surface area contributed by atoms with E-state index in [0.717, 1.165) is 11.1 Å². The van der Waals surface area contributed by atoms with Crippen LogP contribution >= 0.6 is 0 Å². The van der Waals surface area contributed by atoms with Gasteiger partial charge in [-0.15, -0.1) is 0 Å². The van der Waals surface area contributed by atoms with Gasteiger partial charge in [0.25, 0.3) is 5.91 Å². The number of aryl methyl sites for hydroxylation is 2. The van der Waals surface area contributed by atoms with E-state index in [2.05, 4.69) is 5.10 Å². The van der Waals surface area contributed by atoms with Gasteiger partial charge >= 0.3 is 18.0 Å². The van der Waals surface area contributed by atoms with Crippen LogP contribution in [0.1, 0.15) is 38.3 Å². The molecule has 1 aromatic carbocycles. The molecule has 1 aliphatic rings. The molecule has 0 saturated carbocycles. The Morgan fingerprint density at radius 1 is 1.06 bits per heavy atom. The van der Waals surface area contributed by atoms with Gasteiger partial charge < -0.3 is 9.84 Å². The molecule has 0 unspecified atom stereocenters. The Bertz CT molecular complexity index is 902. The summed E-state index contributed by atoms with van der Waals surface area (Å²) in [6.07, 6.45) is -7.99. The second-order valence-corrected chi connectivity index (χ2v) is 8.75. The van der Waals surface area contributed by atoms with Gasteiger partial charge in [-0.2, -0.15) is 40.8 Å². The summed E-state index contributed by atoms with van der Waals surface area (Å²) in [4.78, 5) is 12.6. The average Bonchev–Trinajstić information content (AvgIpc) is 2.97. The Morgan fingerprint density at radius 2 is 1.56 bits per heavy atom. The van der Waals surface area contributed by atoms with Crippen LogP contribution in [0, 0.1) is 19.3 Å². The Morgan fingerprint density at radius 3 is 2.00 bits per heavy atom. The molecule has 0 aromatic heterocycles. The molecule has 1 atom stereocenters. The van der Waals surface area contributed by atoms with E-state index in [0.29, 0.717) is 0 Å². The molecule has 0 radical (unpaired) electrons. The van der Waals surface area contributed by atoms with Crippen molar-refractivity contribution in [2.45, 2.75) is 64.8 Å². The lowest BCUT2D eigenvalue weighted by atomic mass is 9.79. The second kappa shape index (κ2) is 7.89. The standard InChI is InChI=1S/C20H23F7N2O3/c1-11-6-12(2)8-13(7-11)32-10-15(30)29-17(31,16(3,4)5)9-14(28-29)18(21,22)19(23,24)20(25,26)27/h6-8,31H,9-10H2,1-5H3/t17-/m0/s1. The molecule has 5 nitrogen and oxygen atoms in total. The number of alkyl halides is 7. The van der Waals surface area contributed by atoms with Crippen LogP contribution in [0.5, 0.6) is 5.75 Å². The Balaban J connectivity index is 2.40. The van der Waals surface area contributed by atoms with E-state index in [4.69, 9.17) is 4.74 Å². The third kappa shape index (κ3) is 4.41.